The zero-order chi connectivity index (χ0) is 13.0. The lowest BCUT2D eigenvalue weighted by molar-refractivity contribution is 0.0692. The third-order valence-corrected chi connectivity index (χ3v) is 2.72. The molecule has 1 fully saturated rings. The van der Waals surface area contributed by atoms with Gasteiger partial charge in [0.2, 0.25) is 5.88 Å². The van der Waals surface area contributed by atoms with E-state index in [0.29, 0.717) is 12.4 Å². The number of anilines is 1. The summed E-state index contributed by atoms with van der Waals surface area (Å²) >= 11 is 0. The Kier molecular flexibility index (Phi) is 3.93. The molecular weight excluding hydrogens is 238 g/mol. The van der Waals surface area contributed by atoms with Crippen LogP contribution < -0.4 is 10.1 Å². The van der Waals surface area contributed by atoms with E-state index in [1.807, 2.05) is 0 Å². The summed E-state index contributed by atoms with van der Waals surface area (Å²) in [4.78, 5) is 11.0. The van der Waals surface area contributed by atoms with Crippen molar-refractivity contribution in [3.05, 3.63) is 11.6 Å². The van der Waals surface area contributed by atoms with Crippen LogP contribution in [-0.2, 0) is 4.74 Å². The Labute approximate surface area is 104 Å². The first kappa shape index (κ1) is 12.6. The maximum Gasteiger partial charge on any atom is 0.341 e. The fourth-order valence-electron chi connectivity index (χ4n) is 1.79. The minimum atomic E-state index is -1.10. The molecule has 0 radical (unpaired) electrons. The summed E-state index contributed by atoms with van der Waals surface area (Å²) in [5.74, 6) is -0.684. The van der Waals surface area contributed by atoms with Gasteiger partial charge in [0.15, 0.2) is 0 Å². The SMILES string of the molecule is COc1nnc(NCC2CCCO2)cc1C(=O)O. The molecule has 2 heterocycles. The third kappa shape index (κ3) is 2.86. The van der Waals surface area contributed by atoms with Gasteiger partial charge in [-0.3, -0.25) is 0 Å². The van der Waals surface area contributed by atoms with Crippen molar-refractivity contribution in [3.63, 3.8) is 0 Å². The molecule has 98 valence electrons. The average Bonchev–Trinajstić information content (AvgIpc) is 2.89. The highest BCUT2D eigenvalue weighted by atomic mass is 16.5. The van der Waals surface area contributed by atoms with Crippen LogP contribution in [0.1, 0.15) is 23.2 Å². The molecule has 18 heavy (non-hydrogen) atoms. The number of nitrogens with zero attached hydrogens (tertiary/aromatic N) is 2. The molecule has 7 heteroatoms. The predicted molar refractivity (Wildman–Crippen MR) is 63.0 cm³/mol. The molecule has 7 nitrogen and oxygen atoms in total. The van der Waals surface area contributed by atoms with E-state index in [1.165, 1.54) is 13.2 Å². The van der Waals surface area contributed by atoms with Gasteiger partial charge in [-0.1, -0.05) is 0 Å². The number of methoxy groups -OCH3 is 1. The predicted octanol–water partition coefficient (Wildman–Crippen LogP) is 0.774. The van der Waals surface area contributed by atoms with E-state index >= 15 is 0 Å². The number of hydrogen-bond donors (Lipinski definition) is 2. The van der Waals surface area contributed by atoms with Gasteiger partial charge in [0.25, 0.3) is 0 Å². The minimum Gasteiger partial charge on any atom is -0.479 e. The molecule has 2 rings (SSSR count). The number of carboxylic acids is 1. The summed E-state index contributed by atoms with van der Waals surface area (Å²) in [6, 6.07) is 1.41. The molecule has 0 aliphatic carbocycles. The summed E-state index contributed by atoms with van der Waals surface area (Å²) in [7, 11) is 1.36. The van der Waals surface area contributed by atoms with Gasteiger partial charge >= 0.3 is 5.97 Å². The van der Waals surface area contributed by atoms with Gasteiger partial charge in [-0.2, -0.15) is 0 Å². The van der Waals surface area contributed by atoms with E-state index in [-0.39, 0.29) is 17.5 Å². The molecule has 0 spiro atoms. The zero-order valence-corrected chi connectivity index (χ0v) is 10.0. The van der Waals surface area contributed by atoms with Crippen LogP contribution in [-0.4, -0.2) is 47.6 Å². The lowest BCUT2D eigenvalue weighted by Crippen LogP contribution is -2.19. The first-order chi connectivity index (χ1) is 8.70. The Hall–Kier alpha value is -1.89. The number of hydrogen-bond acceptors (Lipinski definition) is 6. The van der Waals surface area contributed by atoms with E-state index in [1.54, 1.807) is 0 Å². The first-order valence-corrected chi connectivity index (χ1v) is 5.71. The highest BCUT2D eigenvalue weighted by molar-refractivity contribution is 5.90. The molecule has 0 aromatic carbocycles. The van der Waals surface area contributed by atoms with Crippen molar-refractivity contribution >= 4 is 11.8 Å². The number of nitrogens with one attached hydrogen (secondary N) is 1. The molecule has 2 N–H and O–H groups in total. The van der Waals surface area contributed by atoms with Crippen LogP contribution in [0.25, 0.3) is 0 Å². The Morgan fingerprint density at radius 2 is 2.50 bits per heavy atom. The van der Waals surface area contributed by atoms with Crippen molar-refractivity contribution in [1.82, 2.24) is 10.2 Å². The summed E-state index contributed by atoms with van der Waals surface area (Å²) in [6.45, 7) is 1.38. The monoisotopic (exact) mass is 253 g/mol. The molecular formula is C11H15N3O4. The number of ether oxygens (including phenoxy) is 2. The maximum absolute atomic E-state index is 11.0. The van der Waals surface area contributed by atoms with Crippen LogP contribution in [0.15, 0.2) is 6.07 Å². The number of carbonyl (C=O) groups is 1. The first-order valence-electron chi connectivity index (χ1n) is 5.71. The fraction of sp³-hybridized carbons (Fsp3) is 0.545. The highest BCUT2D eigenvalue weighted by Gasteiger charge is 2.17. The molecule has 0 amide bonds. The zero-order valence-electron chi connectivity index (χ0n) is 10.0. The second kappa shape index (κ2) is 5.63. The van der Waals surface area contributed by atoms with E-state index in [9.17, 15) is 4.79 Å². The standard InChI is InChI=1S/C11H15N3O4/c1-17-10-8(11(15)16)5-9(13-14-10)12-6-7-3-2-4-18-7/h5,7H,2-4,6H2,1H3,(H,12,13)(H,15,16). The second-order valence-electron chi connectivity index (χ2n) is 3.97. The van der Waals surface area contributed by atoms with Crippen molar-refractivity contribution in [2.24, 2.45) is 0 Å². The summed E-state index contributed by atoms with van der Waals surface area (Å²) in [5.41, 5.74) is -0.0117. The maximum atomic E-state index is 11.0. The third-order valence-electron chi connectivity index (χ3n) is 2.72. The Bertz CT molecular complexity index is 432. The largest absolute Gasteiger partial charge is 0.479 e. The second-order valence-corrected chi connectivity index (χ2v) is 3.97. The van der Waals surface area contributed by atoms with Gasteiger partial charge in [-0.25, -0.2) is 4.79 Å². The number of rotatable bonds is 5. The molecule has 1 unspecified atom stereocenters. The highest BCUT2D eigenvalue weighted by Crippen LogP contribution is 2.18. The molecule has 1 aliphatic heterocycles. The van der Waals surface area contributed by atoms with Gasteiger partial charge in [0.1, 0.15) is 11.4 Å². The lowest BCUT2D eigenvalue weighted by Gasteiger charge is -2.11. The fourth-order valence-corrected chi connectivity index (χ4v) is 1.79. The lowest BCUT2D eigenvalue weighted by atomic mass is 10.2. The van der Waals surface area contributed by atoms with E-state index in [2.05, 4.69) is 15.5 Å². The Morgan fingerprint density at radius 3 is 3.11 bits per heavy atom. The summed E-state index contributed by atoms with van der Waals surface area (Å²) in [6.07, 6.45) is 2.21. The van der Waals surface area contributed by atoms with Crippen LogP contribution in [0.3, 0.4) is 0 Å². The quantitative estimate of drug-likeness (QED) is 0.800. The number of aromatic carboxylic acids is 1. The van der Waals surface area contributed by atoms with Crippen molar-refractivity contribution in [2.75, 3.05) is 25.6 Å². The minimum absolute atomic E-state index is 0.00478. The van der Waals surface area contributed by atoms with Crippen molar-refractivity contribution in [1.29, 1.82) is 0 Å². The smallest absolute Gasteiger partial charge is 0.341 e. The van der Waals surface area contributed by atoms with E-state index < -0.39 is 5.97 Å². The Balaban J connectivity index is 2.04. The van der Waals surface area contributed by atoms with Gasteiger partial charge in [-0.05, 0) is 12.8 Å². The summed E-state index contributed by atoms with van der Waals surface area (Å²) in [5, 5.41) is 19.6. The molecule has 0 saturated carbocycles. The van der Waals surface area contributed by atoms with Crippen LogP contribution in [0.2, 0.25) is 0 Å². The molecule has 1 saturated heterocycles. The van der Waals surface area contributed by atoms with Gasteiger partial charge in [-0.15, -0.1) is 10.2 Å². The van der Waals surface area contributed by atoms with Crippen molar-refractivity contribution in [2.45, 2.75) is 18.9 Å². The van der Waals surface area contributed by atoms with Crippen LogP contribution >= 0.6 is 0 Å². The van der Waals surface area contributed by atoms with Gasteiger partial charge in [0, 0.05) is 19.2 Å². The molecule has 0 bridgehead atoms. The Morgan fingerprint density at radius 1 is 1.67 bits per heavy atom. The van der Waals surface area contributed by atoms with Crippen molar-refractivity contribution in [3.8, 4) is 5.88 Å². The van der Waals surface area contributed by atoms with Crippen LogP contribution in [0, 0.1) is 0 Å². The van der Waals surface area contributed by atoms with E-state index in [0.717, 1.165) is 19.4 Å². The topological polar surface area (TPSA) is 93.6 Å². The number of aromatic nitrogens is 2. The summed E-state index contributed by atoms with van der Waals surface area (Å²) < 4.78 is 10.3. The van der Waals surface area contributed by atoms with Crippen molar-refractivity contribution < 1.29 is 19.4 Å². The molecule has 1 aromatic rings. The molecule has 1 atom stereocenters. The normalized spacial score (nSPS) is 18.6. The van der Waals surface area contributed by atoms with Gasteiger partial charge in [0.05, 0.1) is 13.2 Å². The van der Waals surface area contributed by atoms with Crippen LogP contribution in [0.4, 0.5) is 5.82 Å². The average molecular weight is 253 g/mol. The molecule has 1 aliphatic rings. The van der Waals surface area contributed by atoms with Crippen LogP contribution in [0.5, 0.6) is 5.88 Å². The number of carboxylic acid groups (broad SMARTS) is 1. The molecule has 1 aromatic heterocycles. The van der Waals surface area contributed by atoms with E-state index in [4.69, 9.17) is 14.6 Å². The van der Waals surface area contributed by atoms with Gasteiger partial charge < -0.3 is 19.9 Å².